The molecule has 0 amide bonds. The predicted octanol–water partition coefficient (Wildman–Crippen LogP) is 2.88. The Morgan fingerprint density at radius 2 is 1.67 bits per heavy atom. The van der Waals surface area contributed by atoms with E-state index in [4.69, 9.17) is 5.73 Å². The molecule has 9 nitrogen and oxygen atoms in total. The zero-order valence-electron chi connectivity index (χ0n) is 19.1. The number of sulfonamides is 1. The maximum absolute atomic E-state index is 13.2. The summed E-state index contributed by atoms with van der Waals surface area (Å²) in [6.07, 6.45) is 0. The van der Waals surface area contributed by atoms with Crippen LogP contribution in [0.2, 0.25) is 0 Å². The third-order valence-electron chi connectivity index (χ3n) is 5.86. The van der Waals surface area contributed by atoms with Gasteiger partial charge in [-0.2, -0.15) is 19.3 Å². The average Bonchev–Trinajstić information content (AvgIpc) is 2.80. The van der Waals surface area contributed by atoms with E-state index in [1.165, 1.54) is 0 Å². The highest BCUT2D eigenvalue weighted by Gasteiger charge is 2.32. The van der Waals surface area contributed by atoms with E-state index < -0.39 is 10.0 Å². The number of aromatic nitrogens is 3. The van der Waals surface area contributed by atoms with Gasteiger partial charge in [0, 0.05) is 31.9 Å². The van der Waals surface area contributed by atoms with Crippen molar-refractivity contribution in [1.82, 2.24) is 24.2 Å². The molecule has 0 spiro atoms. The van der Waals surface area contributed by atoms with Gasteiger partial charge in [0.1, 0.15) is 0 Å². The second kappa shape index (κ2) is 9.42. The molecule has 1 aliphatic heterocycles. The van der Waals surface area contributed by atoms with E-state index in [1.54, 1.807) is 10.4 Å². The molecule has 1 aromatic heterocycles. The number of nitrogens with one attached hydrogen (secondary N) is 1. The van der Waals surface area contributed by atoms with Crippen LogP contribution in [0.15, 0.2) is 53.4 Å². The van der Waals surface area contributed by atoms with E-state index in [9.17, 15) is 8.42 Å². The number of hydrogen-bond donors (Lipinski definition) is 2. The highest BCUT2D eigenvalue weighted by Crippen LogP contribution is 2.25. The second-order valence-corrected chi connectivity index (χ2v) is 10.2. The van der Waals surface area contributed by atoms with Gasteiger partial charge in [-0.3, -0.25) is 4.90 Å². The number of nitrogen functional groups attached to an aromatic ring is 1. The Hall–Kier alpha value is -3.08. The summed E-state index contributed by atoms with van der Waals surface area (Å²) in [5.74, 6) is 1.07. The van der Waals surface area contributed by atoms with Crippen molar-refractivity contribution < 1.29 is 8.42 Å². The van der Waals surface area contributed by atoms with Gasteiger partial charge in [0.15, 0.2) is 5.82 Å². The van der Waals surface area contributed by atoms with Gasteiger partial charge in [-0.25, -0.2) is 8.42 Å². The lowest BCUT2D eigenvalue weighted by molar-refractivity contribution is 0.141. The van der Waals surface area contributed by atoms with E-state index >= 15 is 0 Å². The van der Waals surface area contributed by atoms with E-state index in [0.29, 0.717) is 42.8 Å². The Kier molecular flexibility index (Phi) is 6.59. The van der Waals surface area contributed by atoms with Crippen molar-refractivity contribution in [3.05, 3.63) is 65.5 Å². The Morgan fingerprint density at radius 3 is 2.36 bits per heavy atom. The maximum Gasteiger partial charge on any atom is 0.243 e. The largest absolute Gasteiger partial charge is 0.368 e. The topological polar surface area (TPSA) is 117 Å². The molecule has 10 heteroatoms. The SMILES string of the molecule is Cc1ccc(C)c(S(=O)(=O)N2CCN([C@H](C)c3nc(N)nc(Nc4ccccc4)n3)CC2)c1. The van der Waals surface area contributed by atoms with Gasteiger partial charge in [0.2, 0.25) is 21.9 Å². The molecule has 3 N–H and O–H groups in total. The zero-order chi connectivity index (χ0) is 23.6. The normalized spacial score (nSPS) is 16.5. The summed E-state index contributed by atoms with van der Waals surface area (Å²) in [5.41, 5.74) is 8.48. The maximum atomic E-state index is 13.2. The average molecular weight is 468 g/mol. The van der Waals surface area contributed by atoms with Crippen molar-refractivity contribution in [2.24, 2.45) is 0 Å². The molecule has 174 valence electrons. The van der Waals surface area contributed by atoms with Crippen LogP contribution in [0, 0.1) is 13.8 Å². The number of nitrogens with zero attached hydrogens (tertiary/aromatic N) is 5. The Bertz CT molecular complexity index is 1230. The van der Waals surface area contributed by atoms with E-state index in [1.807, 2.05) is 63.2 Å². The lowest BCUT2D eigenvalue weighted by atomic mass is 10.2. The zero-order valence-corrected chi connectivity index (χ0v) is 19.9. The summed E-state index contributed by atoms with van der Waals surface area (Å²) in [5, 5.41) is 3.15. The molecule has 33 heavy (non-hydrogen) atoms. The fourth-order valence-electron chi connectivity index (χ4n) is 3.92. The number of hydrogen-bond acceptors (Lipinski definition) is 8. The summed E-state index contributed by atoms with van der Waals surface area (Å²) in [4.78, 5) is 15.6. The Labute approximate surface area is 194 Å². The van der Waals surface area contributed by atoms with Gasteiger partial charge in [-0.15, -0.1) is 0 Å². The molecule has 3 aromatic rings. The van der Waals surface area contributed by atoms with Gasteiger partial charge < -0.3 is 11.1 Å². The summed E-state index contributed by atoms with van der Waals surface area (Å²) >= 11 is 0. The summed E-state index contributed by atoms with van der Waals surface area (Å²) in [7, 11) is -3.54. The first-order valence-corrected chi connectivity index (χ1v) is 12.3. The summed E-state index contributed by atoms with van der Waals surface area (Å²) in [6.45, 7) is 7.66. The minimum atomic E-state index is -3.54. The number of para-hydroxylation sites is 1. The minimum Gasteiger partial charge on any atom is -0.368 e. The van der Waals surface area contributed by atoms with Crippen molar-refractivity contribution in [3.8, 4) is 0 Å². The van der Waals surface area contributed by atoms with Gasteiger partial charge >= 0.3 is 0 Å². The predicted molar refractivity (Wildman–Crippen MR) is 129 cm³/mol. The fraction of sp³-hybridized carbons (Fsp3) is 0.348. The first-order chi connectivity index (χ1) is 15.7. The molecule has 0 unspecified atom stereocenters. The lowest BCUT2D eigenvalue weighted by Gasteiger charge is -2.37. The van der Waals surface area contributed by atoms with Crippen LogP contribution in [0.4, 0.5) is 17.6 Å². The van der Waals surface area contributed by atoms with E-state index in [2.05, 4.69) is 25.2 Å². The Balaban J connectivity index is 1.46. The van der Waals surface area contributed by atoms with Crippen molar-refractivity contribution >= 4 is 27.6 Å². The molecular formula is C23H29N7O2S. The number of piperazine rings is 1. The van der Waals surface area contributed by atoms with Crippen LogP contribution in [-0.2, 0) is 10.0 Å². The van der Waals surface area contributed by atoms with Gasteiger partial charge in [0.25, 0.3) is 0 Å². The van der Waals surface area contributed by atoms with Crippen molar-refractivity contribution in [2.75, 3.05) is 37.2 Å². The lowest BCUT2D eigenvalue weighted by Crippen LogP contribution is -2.49. The number of aryl methyl sites for hydroxylation is 2. The highest BCUT2D eigenvalue weighted by atomic mass is 32.2. The van der Waals surface area contributed by atoms with E-state index in [-0.39, 0.29) is 12.0 Å². The molecule has 0 radical (unpaired) electrons. The van der Waals surface area contributed by atoms with Gasteiger partial charge in [0.05, 0.1) is 10.9 Å². The summed E-state index contributed by atoms with van der Waals surface area (Å²) in [6, 6.07) is 15.0. The molecule has 0 saturated carbocycles. The molecule has 2 aromatic carbocycles. The minimum absolute atomic E-state index is 0.140. The first-order valence-electron chi connectivity index (χ1n) is 10.9. The molecule has 1 aliphatic rings. The molecule has 1 atom stereocenters. The number of anilines is 3. The van der Waals surface area contributed by atoms with Crippen LogP contribution in [0.25, 0.3) is 0 Å². The third kappa shape index (κ3) is 5.13. The van der Waals surface area contributed by atoms with Crippen LogP contribution in [0.5, 0.6) is 0 Å². The van der Waals surface area contributed by atoms with Crippen LogP contribution in [-0.4, -0.2) is 58.8 Å². The fourth-order valence-corrected chi connectivity index (χ4v) is 5.65. The number of nitrogens with two attached hydrogens (primary N) is 1. The van der Waals surface area contributed by atoms with Crippen molar-refractivity contribution in [1.29, 1.82) is 0 Å². The van der Waals surface area contributed by atoms with Gasteiger partial charge in [-0.1, -0.05) is 30.3 Å². The van der Waals surface area contributed by atoms with Crippen LogP contribution < -0.4 is 11.1 Å². The Morgan fingerprint density at radius 1 is 0.970 bits per heavy atom. The van der Waals surface area contributed by atoms with Gasteiger partial charge in [-0.05, 0) is 50.1 Å². The molecular weight excluding hydrogens is 438 g/mol. The van der Waals surface area contributed by atoms with Crippen LogP contribution in [0.3, 0.4) is 0 Å². The standard InChI is InChI=1S/C23H29N7O2S/c1-16-9-10-17(2)20(15-16)33(31,32)30-13-11-29(12-14-30)18(3)21-26-22(24)28-23(27-21)25-19-7-5-4-6-8-19/h4-10,15,18H,11-14H2,1-3H3,(H3,24,25,26,27,28)/t18-/m1/s1. The highest BCUT2D eigenvalue weighted by molar-refractivity contribution is 7.89. The third-order valence-corrected chi connectivity index (χ3v) is 7.90. The van der Waals surface area contributed by atoms with Crippen molar-refractivity contribution in [3.63, 3.8) is 0 Å². The summed E-state index contributed by atoms with van der Waals surface area (Å²) < 4.78 is 28.0. The van der Waals surface area contributed by atoms with Crippen molar-refractivity contribution in [2.45, 2.75) is 31.7 Å². The van der Waals surface area contributed by atoms with Crippen LogP contribution >= 0.6 is 0 Å². The quantitative estimate of drug-likeness (QED) is 0.568. The number of benzene rings is 2. The molecule has 0 aliphatic carbocycles. The molecule has 4 rings (SSSR count). The first kappa shape index (κ1) is 23.1. The molecule has 1 fully saturated rings. The monoisotopic (exact) mass is 467 g/mol. The molecule has 1 saturated heterocycles. The van der Waals surface area contributed by atoms with E-state index in [0.717, 1.165) is 16.8 Å². The smallest absolute Gasteiger partial charge is 0.243 e. The molecule has 2 heterocycles. The second-order valence-electron chi connectivity index (χ2n) is 8.25. The number of rotatable bonds is 6. The van der Waals surface area contributed by atoms with Crippen LogP contribution in [0.1, 0.15) is 29.9 Å². The molecule has 0 bridgehead atoms.